The minimum Gasteiger partial charge on any atom is -0.372 e. The lowest BCUT2D eigenvalue weighted by Crippen LogP contribution is -2.48. The summed E-state index contributed by atoms with van der Waals surface area (Å²) in [6.45, 7) is 4.36. The summed E-state index contributed by atoms with van der Waals surface area (Å²) in [5, 5.41) is 6.32. The molecule has 1 saturated heterocycles. The Morgan fingerprint density at radius 1 is 1.67 bits per heavy atom. The monoisotopic (exact) mass is 255 g/mol. The summed E-state index contributed by atoms with van der Waals surface area (Å²) in [6.07, 6.45) is 0.500. The van der Waals surface area contributed by atoms with Crippen LogP contribution in [-0.2, 0) is 4.74 Å². The second-order valence-electron chi connectivity index (χ2n) is 4.75. The van der Waals surface area contributed by atoms with Crippen LogP contribution < -0.4 is 0 Å². The molecule has 2 atom stereocenters. The number of ether oxygens (including phenoxy) is 1. The fourth-order valence-corrected chi connectivity index (χ4v) is 2.12. The molecule has 2 heterocycles. The number of hydrogen-bond acceptors (Lipinski definition) is 3. The third-order valence-corrected chi connectivity index (χ3v) is 2.95. The van der Waals surface area contributed by atoms with Crippen LogP contribution in [0.15, 0.2) is 12.3 Å². The first-order valence-corrected chi connectivity index (χ1v) is 6.16. The fraction of sp³-hybridized carbons (Fsp3) is 0.667. The zero-order chi connectivity index (χ0) is 13.1. The summed E-state index contributed by atoms with van der Waals surface area (Å²) in [5.74, 6) is -0.210. The van der Waals surface area contributed by atoms with Crippen LogP contribution in [0.4, 0.5) is 4.39 Å². The van der Waals surface area contributed by atoms with Crippen molar-refractivity contribution in [3.8, 4) is 0 Å². The van der Waals surface area contributed by atoms with Crippen LogP contribution in [0.2, 0.25) is 0 Å². The Labute approximate surface area is 105 Å². The quantitative estimate of drug-likeness (QED) is 0.888. The number of H-pyrrole nitrogens is 1. The van der Waals surface area contributed by atoms with E-state index in [1.165, 1.54) is 11.1 Å². The van der Waals surface area contributed by atoms with E-state index < -0.39 is 12.3 Å². The number of alkyl halides is 1. The summed E-state index contributed by atoms with van der Waals surface area (Å²) in [4.78, 5) is 13.5. The molecule has 0 unspecified atom stereocenters. The predicted octanol–water partition coefficient (Wildman–Crippen LogP) is 1.39. The molecule has 1 N–H and O–H groups in total. The average Bonchev–Trinajstić information content (AvgIpc) is 2.84. The number of hydrogen-bond donors (Lipinski definition) is 1. The van der Waals surface area contributed by atoms with E-state index in [2.05, 4.69) is 10.2 Å². The van der Waals surface area contributed by atoms with E-state index >= 15 is 0 Å². The van der Waals surface area contributed by atoms with Crippen molar-refractivity contribution >= 4 is 5.91 Å². The van der Waals surface area contributed by atoms with Crippen molar-refractivity contribution in [2.75, 3.05) is 13.1 Å². The molecule has 0 aliphatic carbocycles. The van der Waals surface area contributed by atoms with Crippen LogP contribution in [0.3, 0.4) is 0 Å². The normalized spacial score (nSPS) is 24.6. The number of nitrogens with one attached hydrogen (secondary N) is 1. The van der Waals surface area contributed by atoms with Crippen LogP contribution in [-0.4, -0.2) is 52.5 Å². The third kappa shape index (κ3) is 2.87. The van der Waals surface area contributed by atoms with Crippen molar-refractivity contribution in [3.05, 3.63) is 18.0 Å². The lowest BCUT2D eigenvalue weighted by atomic mass is 10.1. The zero-order valence-electron chi connectivity index (χ0n) is 10.6. The second kappa shape index (κ2) is 5.48. The largest absolute Gasteiger partial charge is 0.372 e. The maximum absolute atomic E-state index is 13.9. The van der Waals surface area contributed by atoms with Crippen molar-refractivity contribution in [3.63, 3.8) is 0 Å². The number of carbonyl (C=O) groups is 1. The summed E-state index contributed by atoms with van der Waals surface area (Å²) in [7, 11) is 0. The molecule has 18 heavy (non-hydrogen) atoms. The molecular formula is C12H18FN3O2. The van der Waals surface area contributed by atoms with Gasteiger partial charge in [0.05, 0.1) is 18.8 Å². The lowest BCUT2D eigenvalue weighted by molar-refractivity contribution is -0.0666. The highest BCUT2D eigenvalue weighted by Crippen LogP contribution is 2.20. The third-order valence-electron chi connectivity index (χ3n) is 2.95. The van der Waals surface area contributed by atoms with E-state index in [4.69, 9.17) is 4.74 Å². The summed E-state index contributed by atoms with van der Waals surface area (Å²) >= 11 is 0. The van der Waals surface area contributed by atoms with Crippen LogP contribution in [0, 0.1) is 0 Å². The van der Waals surface area contributed by atoms with Crippen LogP contribution >= 0.6 is 0 Å². The van der Waals surface area contributed by atoms with Crippen molar-refractivity contribution in [1.82, 2.24) is 15.1 Å². The molecule has 1 fully saturated rings. The number of nitrogens with zero attached hydrogens (tertiary/aromatic N) is 2. The van der Waals surface area contributed by atoms with Gasteiger partial charge in [-0.15, -0.1) is 0 Å². The highest BCUT2D eigenvalue weighted by atomic mass is 19.1. The van der Waals surface area contributed by atoms with Crippen molar-refractivity contribution in [2.24, 2.45) is 0 Å². The maximum Gasteiger partial charge on any atom is 0.271 e. The summed E-state index contributed by atoms with van der Waals surface area (Å²) < 4.78 is 19.4. The number of halogens is 1. The Bertz CT molecular complexity index is 394. The molecule has 1 aromatic heterocycles. The van der Waals surface area contributed by atoms with Crippen molar-refractivity contribution in [1.29, 1.82) is 0 Å². The van der Waals surface area contributed by atoms with Crippen LogP contribution in [0.1, 0.15) is 30.8 Å². The smallest absolute Gasteiger partial charge is 0.271 e. The first kappa shape index (κ1) is 13.0. The molecule has 1 aromatic rings. The molecule has 0 saturated carbocycles. The van der Waals surface area contributed by atoms with Gasteiger partial charge in [-0.25, -0.2) is 4.39 Å². The van der Waals surface area contributed by atoms with E-state index in [-0.39, 0.29) is 18.6 Å². The Balaban J connectivity index is 1.94. The molecule has 0 bridgehead atoms. The van der Waals surface area contributed by atoms with Gasteiger partial charge < -0.3 is 9.64 Å². The molecular weight excluding hydrogens is 237 g/mol. The van der Waals surface area contributed by atoms with E-state index in [0.717, 1.165) is 0 Å². The van der Waals surface area contributed by atoms with Gasteiger partial charge in [0.2, 0.25) is 0 Å². The highest BCUT2D eigenvalue weighted by Gasteiger charge is 2.33. The first-order valence-electron chi connectivity index (χ1n) is 6.16. The van der Waals surface area contributed by atoms with Crippen molar-refractivity contribution in [2.45, 2.75) is 38.6 Å². The van der Waals surface area contributed by atoms with Crippen LogP contribution in [0.25, 0.3) is 0 Å². The summed E-state index contributed by atoms with van der Waals surface area (Å²) in [6, 6.07) is 1.59. The molecule has 2 rings (SSSR count). The number of rotatable bonds is 3. The van der Waals surface area contributed by atoms with Gasteiger partial charge >= 0.3 is 0 Å². The Morgan fingerprint density at radius 3 is 3.00 bits per heavy atom. The molecule has 1 amide bonds. The van der Waals surface area contributed by atoms with Gasteiger partial charge in [-0.3, -0.25) is 9.89 Å². The average molecular weight is 255 g/mol. The number of aromatic nitrogens is 2. The first-order chi connectivity index (χ1) is 8.58. The molecule has 6 heteroatoms. The molecule has 1 aliphatic rings. The number of amides is 1. The minimum absolute atomic E-state index is 0.00288. The number of aromatic amines is 1. The van der Waals surface area contributed by atoms with E-state index in [0.29, 0.717) is 18.7 Å². The number of piperidine rings is 1. The van der Waals surface area contributed by atoms with Gasteiger partial charge in [0.25, 0.3) is 5.91 Å². The SMILES string of the molecule is CC(C)O[C@H]1CCN(C(=O)c2ccn[nH]2)C[C@H]1F. The standard InChI is InChI=1S/C12H18FN3O2/c1-8(2)18-11-4-6-16(7-9(11)13)12(17)10-3-5-14-15-10/h3,5,8-9,11H,4,6-7H2,1-2H3,(H,14,15)/t9-,11+/m1/s1. The Morgan fingerprint density at radius 2 is 2.44 bits per heavy atom. The summed E-state index contributed by atoms with van der Waals surface area (Å²) in [5.41, 5.74) is 0.394. The van der Waals surface area contributed by atoms with Crippen LogP contribution in [0.5, 0.6) is 0 Å². The highest BCUT2D eigenvalue weighted by molar-refractivity contribution is 5.92. The molecule has 1 aliphatic heterocycles. The number of likely N-dealkylation sites (tertiary alicyclic amines) is 1. The molecule has 5 nitrogen and oxygen atoms in total. The minimum atomic E-state index is -1.13. The molecule has 0 spiro atoms. The van der Waals surface area contributed by atoms with E-state index in [1.807, 2.05) is 13.8 Å². The van der Waals surface area contributed by atoms with Gasteiger partial charge in [-0.05, 0) is 26.3 Å². The predicted molar refractivity (Wildman–Crippen MR) is 64.0 cm³/mol. The zero-order valence-corrected chi connectivity index (χ0v) is 10.6. The topological polar surface area (TPSA) is 58.2 Å². The van der Waals surface area contributed by atoms with E-state index in [9.17, 15) is 9.18 Å². The van der Waals surface area contributed by atoms with Gasteiger partial charge in [0.1, 0.15) is 11.9 Å². The molecule has 0 radical (unpaired) electrons. The Hall–Kier alpha value is -1.43. The molecule has 0 aromatic carbocycles. The van der Waals surface area contributed by atoms with Gasteiger partial charge in [-0.2, -0.15) is 5.10 Å². The van der Waals surface area contributed by atoms with Gasteiger partial charge in [-0.1, -0.05) is 0 Å². The van der Waals surface area contributed by atoms with Gasteiger partial charge in [0, 0.05) is 12.7 Å². The van der Waals surface area contributed by atoms with Gasteiger partial charge in [0.15, 0.2) is 0 Å². The number of carbonyl (C=O) groups excluding carboxylic acids is 1. The molecule has 100 valence electrons. The lowest BCUT2D eigenvalue weighted by Gasteiger charge is -2.35. The van der Waals surface area contributed by atoms with E-state index in [1.54, 1.807) is 6.07 Å². The van der Waals surface area contributed by atoms with Crippen molar-refractivity contribution < 1.29 is 13.9 Å². The maximum atomic E-state index is 13.9. The Kier molecular flexibility index (Phi) is 3.96. The fourth-order valence-electron chi connectivity index (χ4n) is 2.12. The second-order valence-corrected chi connectivity index (χ2v) is 4.75.